The normalized spacial score (nSPS) is 30.5. The van der Waals surface area contributed by atoms with E-state index in [1.165, 1.54) is 19.4 Å². The quantitative estimate of drug-likeness (QED) is 0.447. The summed E-state index contributed by atoms with van der Waals surface area (Å²) in [5.41, 5.74) is 0.134. The smallest absolute Gasteiger partial charge is 0.224 e. The number of epoxide rings is 1. The SMILES string of the molecule is CCCC[N+](C)(C)C1(C)CO1. The average Bonchev–Trinajstić information content (AvgIpc) is 2.65. The van der Waals surface area contributed by atoms with Crippen LogP contribution in [0, 0.1) is 0 Å². The predicted octanol–water partition coefficient (Wildman–Crippen LogP) is 1.61. The highest BCUT2D eigenvalue weighted by Crippen LogP contribution is 2.34. The highest BCUT2D eigenvalue weighted by molar-refractivity contribution is 4.75. The lowest BCUT2D eigenvalue weighted by Gasteiger charge is -2.33. The summed E-state index contributed by atoms with van der Waals surface area (Å²) in [5, 5.41) is 0. The first-order valence-corrected chi connectivity index (χ1v) is 4.49. The summed E-state index contributed by atoms with van der Waals surface area (Å²) in [6.45, 7) is 6.59. The predicted molar refractivity (Wildman–Crippen MR) is 46.2 cm³/mol. The Labute approximate surface area is 69.7 Å². The standard InChI is InChI=1S/C9H20NO/c1-5-6-7-10(3,4)9(2)8-11-9/h5-8H2,1-4H3/q+1. The van der Waals surface area contributed by atoms with Crippen molar-refractivity contribution in [2.45, 2.75) is 32.4 Å². The number of hydrogen-bond donors (Lipinski definition) is 0. The second-order valence-electron chi connectivity index (χ2n) is 4.23. The molecule has 66 valence electrons. The summed E-state index contributed by atoms with van der Waals surface area (Å²) < 4.78 is 6.44. The van der Waals surface area contributed by atoms with E-state index in [4.69, 9.17) is 4.74 Å². The van der Waals surface area contributed by atoms with Crippen LogP contribution in [0.5, 0.6) is 0 Å². The monoisotopic (exact) mass is 158 g/mol. The molecule has 1 aliphatic rings. The third kappa shape index (κ3) is 1.74. The molecule has 2 nitrogen and oxygen atoms in total. The lowest BCUT2D eigenvalue weighted by atomic mass is 10.2. The molecule has 1 fully saturated rings. The fraction of sp³-hybridized carbons (Fsp3) is 1.00. The van der Waals surface area contributed by atoms with Gasteiger partial charge in [-0.25, -0.2) is 0 Å². The van der Waals surface area contributed by atoms with Gasteiger partial charge in [0.2, 0.25) is 5.72 Å². The largest absolute Gasteiger partial charge is 0.316 e. The number of likely N-dealkylation sites (N-methyl/N-ethyl adjacent to an activating group) is 1. The summed E-state index contributed by atoms with van der Waals surface area (Å²) in [6, 6.07) is 0. The summed E-state index contributed by atoms with van der Waals surface area (Å²) in [5.74, 6) is 0. The van der Waals surface area contributed by atoms with Crippen LogP contribution in [0.15, 0.2) is 0 Å². The zero-order valence-corrected chi connectivity index (χ0v) is 8.18. The van der Waals surface area contributed by atoms with Crippen LogP contribution in [0.1, 0.15) is 26.7 Å². The number of rotatable bonds is 4. The Balaban J connectivity index is 2.39. The zero-order chi connectivity index (χ0) is 8.54. The molecule has 2 heteroatoms. The molecule has 1 aliphatic heterocycles. The van der Waals surface area contributed by atoms with Crippen molar-refractivity contribution in [3.8, 4) is 0 Å². The van der Waals surface area contributed by atoms with Gasteiger partial charge >= 0.3 is 0 Å². The van der Waals surface area contributed by atoms with E-state index >= 15 is 0 Å². The van der Waals surface area contributed by atoms with E-state index in [0.29, 0.717) is 0 Å². The highest BCUT2D eigenvalue weighted by atomic mass is 16.6. The van der Waals surface area contributed by atoms with Gasteiger partial charge in [0.25, 0.3) is 0 Å². The molecule has 0 spiro atoms. The van der Waals surface area contributed by atoms with E-state index in [1.54, 1.807) is 0 Å². The third-order valence-electron chi connectivity index (χ3n) is 2.91. The summed E-state index contributed by atoms with van der Waals surface area (Å²) in [4.78, 5) is 0. The fourth-order valence-corrected chi connectivity index (χ4v) is 1.24. The molecule has 0 amide bonds. The Hall–Kier alpha value is -0.0800. The number of quaternary nitrogens is 1. The van der Waals surface area contributed by atoms with Gasteiger partial charge in [-0.1, -0.05) is 13.3 Å². The van der Waals surface area contributed by atoms with Crippen molar-refractivity contribution in [3.05, 3.63) is 0 Å². The third-order valence-corrected chi connectivity index (χ3v) is 2.91. The van der Waals surface area contributed by atoms with E-state index in [1.807, 2.05) is 0 Å². The Kier molecular flexibility index (Phi) is 2.26. The fourth-order valence-electron chi connectivity index (χ4n) is 1.24. The molecular formula is C9H20NO+. The van der Waals surface area contributed by atoms with Crippen LogP contribution in [0.3, 0.4) is 0 Å². The molecule has 0 aromatic carbocycles. The molecule has 1 rings (SSSR count). The molecule has 0 aromatic rings. The second kappa shape index (κ2) is 2.76. The zero-order valence-electron chi connectivity index (χ0n) is 8.18. The van der Waals surface area contributed by atoms with E-state index < -0.39 is 0 Å². The van der Waals surface area contributed by atoms with Crippen LogP contribution in [-0.4, -0.2) is 37.5 Å². The maximum Gasteiger partial charge on any atom is 0.224 e. The molecule has 1 atom stereocenters. The van der Waals surface area contributed by atoms with E-state index in [-0.39, 0.29) is 5.72 Å². The Bertz CT molecular complexity index is 138. The molecule has 1 unspecified atom stereocenters. The van der Waals surface area contributed by atoms with Gasteiger partial charge in [0.1, 0.15) is 6.61 Å². The second-order valence-corrected chi connectivity index (χ2v) is 4.23. The van der Waals surface area contributed by atoms with Gasteiger partial charge in [-0.2, -0.15) is 0 Å². The molecule has 0 aliphatic carbocycles. The summed E-state index contributed by atoms with van der Waals surface area (Å²) >= 11 is 0. The first-order valence-electron chi connectivity index (χ1n) is 4.49. The van der Waals surface area contributed by atoms with Gasteiger partial charge in [0.05, 0.1) is 20.6 Å². The first kappa shape index (κ1) is 9.01. The van der Waals surface area contributed by atoms with Gasteiger partial charge in [-0.15, -0.1) is 0 Å². The van der Waals surface area contributed by atoms with Crippen LogP contribution in [-0.2, 0) is 4.74 Å². The Morgan fingerprint density at radius 1 is 1.45 bits per heavy atom. The van der Waals surface area contributed by atoms with Crippen LogP contribution in [0.4, 0.5) is 0 Å². The van der Waals surface area contributed by atoms with Crippen molar-refractivity contribution < 1.29 is 9.22 Å². The van der Waals surface area contributed by atoms with Crippen molar-refractivity contribution in [2.24, 2.45) is 0 Å². The minimum absolute atomic E-state index is 0.134. The number of hydrogen-bond acceptors (Lipinski definition) is 1. The van der Waals surface area contributed by atoms with E-state index in [0.717, 1.165) is 11.1 Å². The van der Waals surface area contributed by atoms with E-state index in [9.17, 15) is 0 Å². The maximum absolute atomic E-state index is 5.43. The lowest BCUT2D eigenvalue weighted by molar-refractivity contribution is -0.935. The summed E-state index contributed by atoms with van der Waals surface area (Å²) in [7, 11) is 4.51. The number of nitrogens with zero attached hydrogens (tertiary/aromatic N) is 1. The molecule has 0 aromatic heterocycles. The van der Waals surface area contributed by atoms with Gasteiger partial charge in [-0.3, -0.25) is 4.48 Å². The number of ether oxygens (including phenoxy) is 1. The molecule has 1 heterocycles. The van der Waals surface area contributed by atoms with Crippen molar-refractivity contribution in [3.63, 3.8) is 0 Å². The van der Waals surface area contributed by atoms with E-state index in [2.05, 4.69) is 27.9 Å². The lowest BCUT2D eigenvalue weighted by Crippen LogP contribution is -2.50. The van der Waals surface area contributed by atoms with Crippen LogP contribution < -0.4 is 0 Å². The maximum atomic E-state index is 5.43. The molecule has 0 saturated carbocycles. The molecule has 11 heavy (non-hydrogen) atoms. The highest BCUT2D eigenvalue weighted by Gasteiger charge is 2.53. The minimum Gasteiger partial charge on any atom is -0.316 e. The first-order chi connectivity index (χ1) is 5.02. The minimum atomic E-state index is 0.134. The average molecular weight is 158 g/mol. The number of unbranched alkanes of at least 4 members (excludes halogenated alkanes) is 1. The topological polar surface area (TPSA) is 12.5 Å². The van der Waals surface area contributed by atoms with Crippen molar-refractivity contribution in [1.29, 1.82) is 0 Å². The van der Waals surface area contributed by atoms with Crippen LogP contribution >= 0.6 is 0 Å². The van der Waals surface area contributed by atoms with Crippen LogP contribution in [0.25, 0.3) is 0 Å². The van der Waals surface area contributed by atoms with Crippen molar-refractivity contribution >= 4 is 0 Å². The summed E-state index contributed by atoms with van der Waals surface area (Å²) in [6.07, 6.45) is 2.57. The van der Waals surface area contributed by atoms with Gasteiger partial charge < -0.3 is 4.74 Å². The Morgan fingerprint density at radius 3 is 2.36 bits per heavy atom. The van der Waals surface area contributed by atoms with Gasteiger partial charge in [0.15, 0.2) is 0 Å². The van der Waals surface area contributed by atoms with Gasteiger partial charge in [0, 0.05) is 6.92 Å². The molecule has 0 N–H and O–H groups in total. The molecule has 0 radical (unpaired) electrons. The molecule has 0 bridgehead atoms. The van der Waals surface area contributed by atoms with Crippen molar-refractivity contribution in [1.82, 2.24) is 0 Å². The van der Waals surface area contributed by atoms with Crippen molar-refractivity contribution in [2.75, 3.05) is 27.2 Å². The molecular weight excluding hydrogens is 138 g/mol. The molecule has 1 saturated heterocycles. The van der Waals surface area contributed by atoms with Crippen LogP contribution in [0.2, 0.25) is 0 Å². The Morgan fingerprint density at radius 2 is 2.00 bits per heavy atom. The van der Waals surface area contributed by atoms with Gasteiger partial charge in [-0.05, 0) is 6.42 Å².